The van der Waals surface area contributed by atoms with Gasteiger partial charge in [-0.05, 0) is 6.92 Å². The Morgan fingerprint density at radius 2 is 2.27 bits per heavy atom. The SMILES string of the molecule is Cc1nn(C2COC2)c2ncnc(N)c12. The van der Waals surface area contributed by atoms with Crippen molar-refractivity contribution in [3.63, 3.8) is 0 Å². The summed E-state index contributed by atoms with van der Waals surface area (Å²) in [6.07, 6.45) is 1.47. The van der Waals surface area contributed by atoms with Crippen LogP contribution in [0.15, 0.2) is 6.33 Å². The molecule has 2 aromatic rings. The molecule has 6 heteroatoms. The Balaban J connectivity index is 2.27. The standard InChI is InChI=1S/C9H11N5O/c1-5-7-8(10)11-4-12-9(7)14(13-5)6-2-15-3-6/h4,6H,2-3H2,1H3,(H2,10,11,12). The molecule has 2 aromatic heterocycles. The lowest BCUT2D eigenvalue weighted by Gasteiger charge is -2.26. The van der Waals surface area contributed by atoms with E-state index in [2.05, 4.69) is 15.1 Å². The van der Waals surface area contributed by atoms with Crippen LogP contribution in [0, 0.1) is 6.92 Å². The molecule has 78 valence electrons. The van der Waals surface area contributed by atoms with Crippen molar-refractivity contribution in [2.45, 2.75) is 13.0 Å². The van der Waals surface area contributed by atoms with Crippen LogP contribution in [0.3, 0.4) is 0 Å². The average Bonchev–Trinajstić information content (AvgIpc) is 2.43. The van der Waals surface area contributed by atoms with Gasteiger partial charge in [-0.3, -0.25) is 0 Å². The van der Waals surface area contributed by atoms with Crippen molar-refractivity contribution in [1.82, 2.24) is 19.7 Å². The highest BCUT2D eigenvalue weighted by atomic mass is 16.5. The Kier molecular flexibility index (Phi) is 1.66. The van der Waals surface area contributed by atoms with Gasteiger partial charge in [0, 0.05) is 0 Å². The predicted molar refractivity (Wildman–Crippen MR) is 54.3 cm³/mol. The minimum atomic E-state index is 0.287. The second-order valence-corrected chi connectivity index (χ2v) is 3.68. The Morgan fingerprint density at radius 1 is 1.47 bits per heavy atom. The Labute approximate surface area is 86.1 Å². The van der Waals surface area contributed by atoms with Gasteiger partial charge in [0.2, 0.25) is 0 Å². The van der Waals surface area contributed by atoms with Crippen LogP contribution in [-0.2, 0) is 4.74 Å². The van der Waals surface area contributed by atoms with Crippen molar-refractivity contribution < 1.29 is 4.74 Å². The van der Waals surface area contributed by atoms with E-state index in [0.29, 0.717) is 19.0 Å². The summed E-state index contributed by atoms with van der Waals surface area (Å²) in [6, 6.07) is 0.287. The largest absolute Gasteiger partial charge is 0.383 e. The zero-order valence-electron chi connectivity index (χ0n) is 8.34. The van der Waals surface area contributed by atoms with Crippen molar-refractivity contribution in [3.8, 4) is 0 Å². The summed E-state index contributed by atoms with van der Waals surface area (Å²) in [5.41, 5.74) is 7.46. The number of hydrogen-bond acceptors (Lipinski definition) is 5. The van der Waals surface area contributed by atoms with E-state index in [1.807, 2.05) is 11.6 Å². The molecule has 0 amide bonds. The van der Waals surface area contributed by atoms with Crippen LogP contribution in [-0.4, -0.2) is 33.0 Å². The quantitative estimate of drug-likeness (QED) is 0.723. The summed E-state index contributed by atoms with van der Waals surface area (Å²) in [6.45, 7) is 3.30. The van der Waals surface area contributed by atoms with Crippen molar-refractivity contribution >= 4 is 16.9 Å². The van der Waals surface area contributed by atoms with Crippen molar-refractivity contribution in [2.24, 2.45) is 0 Å². The van der Waals surface area contributed by atoms with Gasteiger partial charge in [0.1, 0.15) is 18.2 Å². The molecule has 15 heavy (non-hydrogen) atoms. The van der Waals surface area contributed by atoms with Crippen molar-refractivity contribution in [1.29, 1.82) is 0 Å². The maximum atomic E-state index is 5.79. The lowest BCUT2D eigenvalue weighted by atomic mass is 10.2. The van der Waals surface area contributed by atoms with E-state index in [1.165, 1.54) is 6.33 Å². The minimum Gasteiger partial charge on any atom is -0.383 e. The van der Waals surface area contributed by atoms with E-state index in [1.54, 1.807) is 0 Å². The first-order chi connectivity index (χ1) is 7.27. The lowest BCUT2D eigenvalue weighted by molar-refractivity contribution is -0.0270. The maximum Gasteiger partial charge on any atom is 0.164 e. The second kappa shape index (κ2) is 2.90. The molecule has 0 aliphatic carbocycles. The molecule has 0 unspecified atom stereocenters. The van der Waals surface area contributed by atoms with E-state index in [9.17, 15) is 0 Å². The highest BCUT2D eigenvalue weighted by molar-refractivity contribution is 5.87. The van der Waals surface area contributed by atoms with E-state index in [-0.39, 0.29) is 6.04 Å². The van der Waals surface area contributed by atoms with Crippen LogP contribution in [0.5, 0.6) is 0 Å². The maximum absolute atomic E-state index is 5.79. The Hall–Kier alpha value is -1.69. The lowest BCUT2D eigenvalue weighted by Crippen LogP contribution is -2.31. The molecular formula is C9H11N5O. The van der Waals surface area contributed by atoms with Crippen LogP contribution in [0.1, 0.15) is 11.7 Å². The zero-order valence-corrected chi connectivity index (χ0v) is 8.34. The van der Waals surface area contributed by atoms with Crippen molar-refractivity contribution in [2.75, 3.05) is 18.9 Å². The highest BCUT2D eigenvalue weighted by Crippen LogP contribution is 2.26. The van der Waals surface area contributed by atoms with Gasteiger partial charge in [0.25, 0.3) is 0 Å². The molecule has 0 bridgehead atoms. The van der Waals surface area contributed by atoms with Gasteiger partial charge in [-0.2, -0.15) is 5.10 Å². The smallest absolute Gasteiger partial charge is 0.164 e. The van der Waals surface area contributed by atoms with Crippen LogP contribution in [0.2, 0.25) is 0 Å². The number of nitrogen functional groups attached to an aromatic ring is 1. The van der Waals surface area contributed by atoms with E-state index >= 15 is 0 Å². The second-order valence-electron chi connectivity index (χ2n) is 3.68. The number of nitrogens with two attached hydrogens (primary N) is 1. The number of rotatable bonds is 1. The molecule has 3 heterocycles. The molecule has 0 spiro atoms. The number of aromatic nitrogens is 4. The Morgan fingerprint density at radius 3 is 2.93 bits per heavy atom. The first-order valence-corrected chi connectivity index (χ1v) is 4.80. The molecule has 0 atom stereocenters. The molecule has 1 saturated heterocycles. The number of hydrogen-bond donors (Lipinski definition) is 1. The normalized spacial score (nSPS) is 16.9. The molecular weight excluding hydrogens is 194 g/mol. The zero-order chi connectivity index (χ0) is 10.4. The van der Waals surface area contributed by atoms with E-state index in [0.717, 1.165) is 16.7 Å². The molecule has 1 aliphatic rings. The van der Waals surface area contributed by atoms with Crippen LogP contribution in [0.4, 0.5) is 5.82 Å². The summed E-state index contributed by atoms with van der Waals surface area (Å²) in [5, 5.41) is 5.28. The van der Waals surface area contributed by atoms with Gasteiger partial charge in [0.05, 0.1) is 24.3 Å². The molecule has 3 rings (SSSR count). The molecule has 0 radical (unpaired) electrons. The fraction of sp³-hybridized carbons (Fsp3) is 0.444. The minimum absolute atomic E-state index is 0.287. The van der Waals surface area contributed by atoms with Gasteiger partial charge < -0.3 is 10.5 Å². The predicted octanol–water partition coefficient (Wildman–Crippen LogP) is 0.288. The van der Waals surface area contributed by atoms with E-state index in [4.69, 9.17) is 10.5 Å². The van der Waals surface area contributed by atoms with Gasteiger partial charge in [-0.25, -0.2) is 14.6 Å². The summed E-state index contributed by atoms with van der Waals surface area (Å²) in [5.74, 6) is 0.490. The van der Waals surface area contributed by atoms with Crippen LogP contribution < -0.4 is 5.73 Å². The highest BCUT2D eigenvalue weighted by Gasteiger charge is 2.25. The molecule has 1 aliphatic heterocycles. The summed E-state index contributed by atoms with van der Waals surface area (Å²) < 4.78 is 7.02. The van der Waals surface area contributed by atoms with Crippen molar-refractivity contribution in [3.05, 3.63) is 12.0 Å². The monoisotopic (exact) mass is 205 g/mol. The third kappa shape index (κ3) is 1.11. The summed E-state index contributed by atoms with van der Waals surface area (Å²) in [7, 11) is 0. The molecule has 0 saturated carbocycles. The first kappa shape index (κ1) is 8.60. The number of fused-ring (bicyclic) bond motifs is 1. The Bertz CT molecular complexity index is 516. The number of aryl methyl sites for hydroxylation is 1. The third-order valence-corrected chi connectivity index (χ3v) is 2.66. The first-order valence-electron chi connectivity index (χ1n) is 4.80. The molecule has 1 fully saturated rings. The van der Waals surface area contributed by atoms with Gasteiger partial charge in [-0.15, -0.1) is 0 Å². The topological polar surface area (TPSA) is 78.8 Å². The number of anilines is 1. The molecule has 2 N–H and O–H groups in total. The van der Waals surface area contributed by atoms with E-state index < -0.39 is 0 Å². The number of ether oxygens (including phenoxy) is 1. The number of nitrogens with zero attached hydrogens (tertiary/aromatic N) is 4. The van der Waals surface area contributed by atoms with Crippen LogP contribution >= 0.6 is 0 Å². The third-order valence-electron chi connectivity index (χ3n) is 2.66. The molecule has 0 aromatic carbocycles. The fourth-order valence-electron chi connectivity index (χ4n) is 1.79. The summed E-state index contributed by atoms with van der Waals surface area (Å²) in [4.78, 5) is 8.19. The average molecular weight is 205 g/mol. The molecule has 6 nitrogen and oxygen atoms in total. The van der Waals surface area contributed by atoms with Crippen LogP contribution in [0.25, 0.3) is 11.0 Å². The van der Waals surface area contributed by atoms with Gasteiger partial charge in [-0.1, -0.05) is 0 Å². The summed E-state index contributed by atoms with van der Waals surface area (Å²) >= 11 is 0. The fourth-order valence-corrected chi connectivity index (χ4v) is 1.79. The van der Waals surface area contributed by atoms with Gasteiger partial charge >= 0.3 is 0 Å². The van der Waals surface area contributed by atoms with Gasteiger partial charge in [0.15, 0.2) is 5.65 Å².